The highest BCUT2D eigenvalue weighted by Gasteiger charge is 2.21. The summed E-state index contributed by atoms with van der Waals surface area (Å²) in [6.45, 7) is 0. The molecule has 3 heterocycles. The molecule has 0 fully saturated rings. The van der Waals surface area contributed by atoms with E-state index in [9.17, 15) is 0 Å². The molecule has 7 nitrogen and oxygen atoms in total. The predicted octanol–water partition coefficient (Wildman–Crippen LogP) is 11.2. The van der Waals surface area contributed by atoms with Crippen LogP contribution in [0.4, 0.5) is 0 Å². The van der Waals surface area contributed by atoms with Gasteiger partial charge in [-0.25, -0.2) is 29.9 Å². The zero-order valence-electron chi connectivity index (χ0n) is 48.0. The second kappa shape index (κ2) is 13.7. The van der Waals surface area contributed by atoms with Gasteiger partial charge in [0.05, 0.1) is 44.1 Å². The lowest BCUT2D eigenvalue weighted by molar-refractivity contribution is 1.06. The van der Waals surface area contributed by atoms with E-state index < -0.39 is 166 Å². The lowest BCUT2D eigenvalue weighted by Crippen LogP contribution is -2.05. The summed E-state index contributed by atoms with van der Waals surface area (Å²) in [6.07, 6.45) is 0. The zero-order chi connectivity index (χ0) is 54.0. The van der Waals surface area contributed by atoms with E-state index in [4.69, 9.17) is 37.4 Å². The van der Waals surface area contributed by atoms with Gasteiger partial charge in [0, 0.05) is 44.2 Å². The number of nitrogens with zero attached hydrogens (tertiary/aromatic N) is 7. The minimum atomic E-state index is -0.759. The molecule has 3 aromatic heterocycles. The van der Waals surface area contributed by atoms with Crippen molar-refractivity contribution in [2.75, 3.05) is 0 Å². The molecule has 10 rings (SSSR count). The number of benzene rings is 7. The highest BCUT2D eigenvalue weighted by Crippen LogP contribution is 2.38. The molecule has 55 heavy (non-hydrogen) atoms. The Morgan fingerprint density at radius 3 is 1.09 bits per heavy atom. The molecule has 0 unspecified atom stereocenters. The molecule has 0 aliphatic carbocycles. The first-order valence-electron chi connectivity index (χ1n) is 26.5. The fraction of sp³-hybridized carbons (Fsp3) is 0. The van der Waals surface area contributed by atoms with Gasteiger partial charge in [0.15, 0.2) is 34.9 Å². The van der Waals surface area contributed by atoms with Gasteiger partial charge in [0.1, 0.15) is 0 Å². The molecule has 0 amide bonds. The van der Waals surface area contributed by atoms with Crippen molar-refractivity contribution >= 4 is 21.8 Å². The van der Waals surface area contributed by atoms with E-state index in [1.54, 1.807) is 18.2 Å². The summed E-state index contributed by atoms with van der Waals surface area (Å²) in [6, 6.07) is 4.34. The van der Waals surface area contributed by atoms with Gasteiger partial charge in [-0.2, -0.15) is 0 Å². The third kappa shape index (κ3) is 5.99. The summed E-state index contributed by atoms with van der Waals surface area (Å²) in [7, 11) is 0. The molecular weight excluding hydrogens is 675 g/mol. The Labute approximate surface area is 345 Å². The molecule has 7 heteroatoms. The minimum Gasteiger partial charge on any atom is -0.309 e. The van der Waals surface area contributed by atoms with E-state index in [0.717, 1.165) is 10.8 Å². The average Bonchev–Trinajstić information content (AvgIpc) is 3.74. The fourth-order valence-electron chi connectivity index (χ4n) is 6.13. The Kier molecular flexibility index (Phi) is 4.36. The first kappa shape index (κ1) is 17.5. The number of fused-ring (bicyclic) bond motifs is 3. The molecule has 0 saturated heterocycles. The first-order valence-corrected chi connectivity index (χ1v) is 16.5. The molecule has 258 valence electrons. The van der Waals surface area contributed by atoms with Crippen molar-refractivity contribution in [3.63, 3.8) is 0 Å². The normalized spacial score (nSPS) is 16.4. The van der Waals surface area contributed by atoms with Crippen LogP contribution in [0.3, 0.4) is 0 Å². The van der Waals surface area contributed by atoms with Crippen molar-refractivity contribution in [3.05, 3.63) is 188 Å². The molecule has 0 aliphatic rings. The summed E-state index contributed by atoms with van der Waals surface area (Å²) in [5.41, 5.74) is -0.517. The van der Waals surface area contributed by atoms with Crippen LogP contribution in [0.1, 0.15) is 27.4 Å². The quantitative estimate of drug-likeness (QED) is 0.163. The monoisotopic (exact) mass is 725 g/mol. The highest BCUT2D eigenvalue weighted by atomic mass is 15.1. The maximum absolute atomic E-state index is 8.93. The summed E-state index contributed by atoms with van der Waals surface area (Å²) in [5.74, 6) is -2.96. The van der Waals surface area contributed by atoms with Crippen molar-refractivity contribution in [1.82, 2.24) is 34.5 Å². The van der Waals surface area contributed by atoms with E-state index in [1.165, 1.54) is 12.1 Å². The van der Waals surface area contributed by atoms with Gasteiger partial charge in [-0.1, -0.05) is 157 Å². The third-order valence-corrected chi connectivity index (χ3v) is 8.48. The lowest BCUT2D eigenvalue weighted by atomic mass is 10.1. The van der Waals surface area contributed by atoms with Crippen molar-refractivity contribution in [1.29, 1.82) is 0 Å². The largest absolute Gasteiger partial charge is 0.309 e. The molecule has 10 aromatic rings. The molecular formula is C48H31N7. The molecule has 0 saturated carbocycles. The standard InChI is InChI=1S/C48H31N7/c1-5-17-32(18-6-1)43-49-44(33-19-7-2-8-20-33)52-47(51-43)36-29-30-42(55-40-27-15-13-25-37(40)38-26-14-16-28-41(38)55)39(31-36)48-53-45(34-21-9-3-10-22-34)50-46(54-48)35-23-11-4-12-24-35/h1-31H/i1D,2D,3D,4D,5D,6D,7D,8D,9D,10D,11D,12D,17D,18D,19D,20D,21D,22D,23D,24D. The topological polar surface area (TPSA) is 82.3 Å². The summed E-state index contributed by atoms with van der Waals surface area (Å²) in [4.78, 5) is 27.5. The average molecular weight is 726 g/mol. The SMILES string of the molecule is [2H]c1c([2H])c([2H])c(-c2nc(-c3ccc(-n4c5ccccc5c5ccccc54)c(-c4nc(-c5c([2H])c([2H])c([2H])c([2H])c5[2H])nc(-c5c([2H])c([2H])c([2H])c([2H])c5[2H])n4)c3)nc(-c3c([2H])c([2H])c([2H])c([2H])c3[2H])n2)c([2H])c1[2H]. The fourth-order valence-corrected chi connectivity index (χ4v) is 6.13. The van der Waals surface area contributed by atoms with Gasteiger partial charge in [-0.3, -0.25) is 0 Å². The van der Waals surface area contributed by atoms with Crippen molar-refractivity contribution in [2.24, 2.45) is 0 Å². The van der Waals surface area contributed by atoms with Crippen LogP contribution in [0.5, 0.6) is 0 Å². The van der Waals surface area contributed by atoms with Crippen LogP contribution >= 0.6 is 0 Å². The van der Waals surface area contributed by atoms with Crippen LogP contribution in [-0.4, -0.2) is 34.5 Å². The molecule has 0 atom stereocenters. The van der Waals surface area contributed by atoms with Crippen LogP contribution < -0.4 is 0 Å². The van der Waals surface area contributed by atoms with Crippen molar-refractivity contribution in [3.8, 4) is 74.0 Å². The van der Waals surface area contributed by atoms with Crippen molar-refractivity contribution < 1.29 is 27.4 Å². The molecule has 0 radical (unpaired) electrons. The zero-order valence-corrected chi connectivity index (χ0v) is 28.0. The van der Waals surface area contributed by atoms with E-state index in [0.29, 0.717) is 11.0 Å². The van der Waals surface area contributed by atoms with E-state index in [-0.39, 0.29) is 28.5 Å². The van der Waals surface area contributed by atoms with Gasteiger partial charge in [-0.05, 0) is 30.3 Å². The molecule has 0 N–H and O–H groups in total. The first-order chi connectivity index (χ1) is 35.5. The van der Waals surface area contributed by atoms with Gasteiger partial charge in [0.25, 0.3) is 0 Å². The number of hydrogen-bond acceptors (Lipinski definition) is 6. The van der Waals surface area contributed by atoms with Gasteiger partial charge >= 0.3 is 0 Å². The predicted molar refractivity (Wildman–Crippen MR) is 220 cm³/mol. The molecule has 0 spiro atoms. The van der Waals surface area contributed by atoms with E-state index >= 15 is 0 Å². The minimum absolute atomic E-state index is 0.00767. The van der Waals surface area contributed by atoms with Crippen molar-refractivity contribution in [2.45, 2.75) is 0 Å². The van der Waals surface area contributed by atoms with E-state index in [1.807, 2.05) is 41.0 Å². The Bertz CT molecular complexity index is 3820. The van der Waals surface area contributed by atoms with Crippen LogP contribution in [-0.2, 0) is 0 Å². The van der Waals surface area contributed by atoms with Crippen LogP contribution in [0.15, 0.2) is 188 Å². The summed E-state index contributed by atoms with van der Waals surface area (Å²) < 4.78 is 174. The Morgan fingerprint density at radius 2 is 0.691 bits per heavy atom. The van der Waals surface area contributed by atoms with Gasteiger partial charge < -0.3 is 4.57 Å². The van der Waals surface area contributed by atoms with E-state index in [2.05, 4.69) is 19.9 Å². The Morgan fingerprint density at radius 1 is 0.345 bits per heavy atom. The van der Waals surface area contributed by atoms with Gasteiger partial charge in [-0.15, -0.1) is 0 Å². The molecule has 7 aromatic carbocycles. The highest BCUT2D eigenvalue weighted by molar-refractivity contribution is 6.09. The maximum atomic E-state index is 8.93. The second-order valence-corrected chi connectivity index (χ2v) is 11.7. The summed E-state index contributed by atoms with van der Waals surface area (Å²) in [5, 5.41) is 1.59. The summed E-state index contributed by atoms with van der Waals surface area (Å²) >= 11 is 0. The number of para-hydroxylation sites is 2. The molecule has 0 bridgehead atoms. The number of hydrogen-bond donors (Lipinski definition) is 0. The smallest absolute Gasteiger partial charge is 0.166 e. The van der Waals surface area contributed by atoms with Gasteiger partial charge in [0.2, 0.25) is 0 Å². The van der Waals surface area contributed by atoms with Crippen LogP contribution in [0.25, 0.3) is 95.8 Å². The number of aromatic nitrogens is 7. The second-order valence-electron chi connectivity index (χ2n) is 11.7. The van der Waals surface area contributed by atoms with Crippen LogP contribution in [0, 0.1) is 0 Å². The van der Waals surface area contributed by atoms with Crippen LogP contribution in [0.2, 0.25) is 0 Å². The Hall–Kier alpha value is -7.64. The number of rotatable bonds is 7. The molecule has 0 aliphatic heterocycles. The maximum Gasteiger partial charge on any atom is 0.166 e. The lowest BCUT2D eigenvalue weighted by Gasteiger charge is -2.16. The Balaban J connectivity index is 1.37. The third-order valence-electron chi connectivity index (χ3n) is 8.48.